The first-order valence-electron chi connectivity index (χ1n) is 5.81. The first kappa shape index (κ1) is 10.4. The van der Waals surface area contributed by atoms with Gasteiger partial charge in [0, 0.05) is 6.54 Å². The minimum absolute atomic E-state index is 0.432. The van der Waals surface area contributed by atoms with Crippen molar-refractivity contribution in [2.24, 2.45) is 11.1 Å². The van der Waals surface area contributed by atoms with E-state index in [2.05, 4.69) is 5.32 Å². The van der Waals surface area contributed by atoms with Crippen LogP contribution < -0.4 is 11.1 Å². The summed E-state index contributed by atoms with van der Waals surface area (Å²) < 4.78 is 0. The fourth-order valence-electron chi connectivity index (χ4n) is 2.91. The average molecular weight is 198 g/mol. The Hall–Kier alpha value is -0.120. The van der Waals surface area contributed by atoms with Crippen molar-refractivity contribution in [1.29, 1.82) is 0 Å². The van der Waals surface area contributed by atoms with Crippen LogP contribution in [0.3, 0.4) is 0 Å². The van der Waals surface area contributed by atoms with Crippen LogP contribution in [0.15, 0.2) is 0 Å². The van der Waals surface area contributed by atoms with Gasteiger partial charge in [0.25, 0.3) is 0 Å². The molecule has 1 heterocycles. The monoisotopic (exact) mass is 198 g/mol. The van der Waals surface area contributed by atoms with Crippen LogP contribution in [-0.2, 0) is 0 Å². The molecular weight excluding hydrogens is 176 g/mol. The third-order valence-electron chi connectivity index (χ3n) is 4.29. The predicted molar refractivity (Wildman–Crippen MR) is 57.0 cm³/mol. The molecule has 3 nitrogen and oxygen atoms in total. The molecule has 0 atom stereocenters. The van der Waals surface area contributed by atoms with Gasteiger partial charge in [-0.2, -0.15) is 0 Å². The molecular formula is C11H22N2O. The molecule has 1 spiro atoms. The van der Waals surface area contributed by atoms with Gasteiger partial charge < -0.3 is 16.2 Å². The van der Waals surface area contributed by atoms with Crippen LogP contribution in [0.1, 0.15) is 38.5 Å². The molecule has 3 heteroatoms. The zero-order chi connectivity index (χ0) is 10.1. The van der Waals surface area contributed by atoms with Crippen molar-refractivity contribution in [3.05, 3.63) is 0 Å². The smallest absolute Gasteiger partial charge is 0.0769 e. The van der Waals surface area contributed by atoms with Crippen LogP contribution in [-0.4, -0.2) is 30.3 Å². The van der Waals surface area contributed by atoms with Gasteiger partial charge in [-0.25, -0.2) is 0 Å². The molecule has 0 unspecified atom stereocenters. The number of hydrogen-bond acceptors (Lipinski definition) is 3. The summed E-state index contributed by atoms with van der Waals surface area (Å²) in [4.78, 5) is 0. The van der Waals surface area contributed by atoms with Crippen LogP contribution in [0.4, 0.5) is 0 Å². The maximum atomic E-state index is 10.1. The molecule has 1 aliphatic carbocycles. The number of aliphatic hydroxyl groups is 1. The number of piperidine rings is 1. The maximum Gasteiger partial charge on any atom is 0.0769 e. The maximum absolute atomic E-state index is 10.1. The Kier molecular flexibility index (Phi) is 2.82. The highest BCUT2D eigenvalue weighted by Crippen LogP contribution is 2.46. The number of nitrogens with two attached hydrogens (primary N) is 1. The van der Waals surface area contributed by atoms with Crippen molar-refractivity contribution >= 4 is 0 Å². The highest BCUT2D eigenvalue weighted by atomic mass is 16.3. The Bertz CT molecular complexity index is 189. The van der Waals surface area contributed by atoms with Gasteiger partial charge >= 0.3 is 0 Å². The second-order valence-electron chi connectivity index (χ2n) is 5.18. The van der Waals surface area contributed by atoms with E-state index >= 15 is 0 Å². The molecule has 82 valence electrons. The average Bonchev–Trinajstić information content (AvgIpc) is 2.25. The molecule has 0 radical (unpaired) electrons. The standard InChI is InChI=1S/C11H22N2O/c12-9-11(14)3-1-10(2-4-11)5-7-13-8-6-10/h13-14H,1-9,12H2. The summed E-state index contributed by atoms with van der Waals surface area (Å²) in [6.07, 6.45) is 6.72. The SMILES string of the molecule is NCC1(O)CCC2(CCNCC2)CC1. The number of hydrogen-bond donors (Lipinski definition) is 3. The number of rotatable bonds is 1. The van der Waals surface area contributed by atoms with Gasteiger partial charge in [0.15, 0.2) is 0 Å². The summed E-state index contributed by atoms with van der Waals surface area (Å²) >= 11 is 0. The van der Waals surface area contributed by atoms with Crippen LogP contribution >= 0.6 is 0 Å². The molecule has 1 saturated heterocycles. The van der Waals surface area contributed by atoms with Gasteiger partial charge in [0.05, 0.1) is 5.60 Å². The van der Waals surface area contributed by atoms with Gasteiger partial charge in [0.2, 0.25) is 0 Å². The fourth-order valence-corrected chi connectivity index (χ4v) is 2.91. The van der Waals surface area contributed by atoms with E-state index in [4.69, 9.17) is 5.73 Å². The molecule has 4 N–H and O–H groups in total. The van der Waals surface area contributed by atoms with Crippen LogP contribution in [0.5, 0.6) is 0 Å². The van der Waals surface area contributed by atoms with Crippen molar-refractivity contribution in [3.63, 3.8) is 0 Å². The van der Waals surface area contributed by atoms with E-state index in [-0.39, 0.29) is 0 Å². The molecule has 0 bridgehead atoms. The lowest BCUT2D eigenvalue weighted by atomic mass is 9.64. The molecule has 0 aromatic carbocycles. The van der Waals surface area contributed by atoms with Gasteiger partial charge in [-0.3, -0.25) is 0 Å². The Labute approximate surface area is 86.1 Å². The molecule has 1 saturated carbocycles. The van der Waals surface area contributed by atoms with E-state index in [0.717, 1.165) is 25.9 Å². The summed E-state index contributed by atoms with van der Waals surface area (Å²) in [5.41, 5.74) is 5.58. The Morgan fingerprint density at radius 2 is 1.57 bits per heavy atom. The largest absolute Gasteiger partial charge is 0.389 e. The van der Waals surface area contributed by atoms with Crippen molar-refractivity contribution in [2.45, 2.75) is 44.1 Å². The van der Waals surface area contributed by atoms with Gasteiger partial charge in [-0.15, -0.1) is 0 Å². The minimum atomic E-state index is -0.546. The van der Waals surface area contributed by atoms with Crippen LogP contribution in [0.2, 0.25) is 0 Å². The predicted octanol–water partition coefficient (Wildman–Crippen LogP) is 0.620. The fraction of sp³-hybridized carbons (Fsp3) is 1.00. The highest BCUT2D eigenvalue weighted by Gasteiger charge is 2.41. The molecule has 1 aliphatic heterocycles. The molecule has 2 fully saturated rings. The van der Waals surface area contributed by atoms with E-state index in [1.165, 1.54) is 25.7 Å². The lowest BCUT2D eigenvalue weighted by Gasteiger charge is -2.46. The minimum Gasteiger partial charge on any atom is -0.389 e. The number of nitrogens with one attached hydrogen (secondary N) is 1. The van der Waals surface area contributed by atoms with Crippen molar-refractivity contribution in [1.82, 2.24) is 5.32 Å². The summed E-state index contributed by atoms with van der Waals surface area (Å²) in [5.74, 6) is 0. The van der Waals surface area contributed by atoms with Crippen molar-refractivity contribution in [3.8, 4) is 0 Å². The van der Waals surface area contributed by atoms with E-state index in [0.29, 0.717) is 12.0 Å². The normalized spacial score (nSPS) is 30.4. The van der Waals surface area contributed by atoms with Gasteiger partial charge in [-0.05, 0) is 57.0 Å². The first-order valence-corrected chi connectivity index (χ1v) is 5.81. The second-order valence-corrected chi connectivity index (χ2v) is 5.18. The van der Waals surface area contributed by atoms with Gasteiger partial charge in [-0.1, -0.05) is 0 Å². The molecule has 14 heavy (non-hydrogen) atoms. The summed E-state index contributed by atoms with van der Waals surface area (Å²) in [6.45, 7) is 2.74. The zero-order valence-electron chi connectivity index (χ0n) is 8.89. The van der Waals surface area contributed by atoms with Crippen LogP contribution in [0.25, 0.3) is 0 Å². The second kappa shape index (κ2) is 3.80. The summed E-state index contributed by atoms with van der Waals surface area (Å²) in [7, 11) is 0. The van der Waals surface area contributed by atoms with E-state index in [1.54, 1.807) is 0 Å². The molecule has 0 amide bonds. The lowest BCUT2D eigenvalue weighted by Crippen LogP contribution is -2.47. The topological polar surface area (TPSA) is 58.3 Å². The Morgan fingerprint density at radius 3 is 2.07 bits per heavy atom. The Balaban J connectivity index is 1.93. The first-order chi connectivity index (χ1) is 6.68. The molecule has 2 rings (SSSR count). The van der Waals surface area contributed by atoms with Crippen molar-refractivity contribution < 1.29 is 5.11 Å². The highest BCUT2D eigenvalue weighted by molar-refractivity contribution is 4.95. The van der Waals surface area contributed by atoms with E-state index in [1.807, 2.05) is 0 Å². The quantitative estimate of drug-likeness (QED) is 0.579. The van der Waals surface area contributed by atoms with E-state index < -0.39 is 5.60 Å². The van der Waals surface area contributed by atoms with Crippen LogP contribution in [0, 0.1) is 5.41 Å². The molecule has 0 aromatic heterocycles. The van der Waals surface area contributed by atoms with Crippen molar-refractivity contribution in [2.75, 3.05) is 19.6 Å². The molecule has 2 aliphatic rings. The summed E-state index contributed by atoms with van der Waals surface area (Å²) in [6, 6.07) is 0. The third-order valence-corrected chi connectivity index (χ3v) is 4.29. The molecule has 0 aromatic rings. The summed E-state index contributed by atoms with van der Waals surface area (Å²) in [5, 5.41) is 13.5. The van der Waals surface area contributed by atoms with E-state index in [9.17, 15) is 5.11 Å². The third kappa shape index (κ3) is 1.95. The zero-order valence-corrected chi connectivity index (χ0v) is 8.89. The van der Waals surface area contributed by atoms with Gasteiger partial charge in [0.1, 0.15) is 0 Å². The lowest BCUT2D eigenvalue weighted by molar-refractivity contribution is -0.0353. The Morgan fingerprint density at radius 1 is 1.00 bits per heavy atom.